The molecule has 0 bridgehead atoms. The van der Waals surface area contributed by atoms with Gasteiger partial charge in [0.05, 0.1) is 19.2 Å². The Hall–Kier alpha value is -2.17. The van der Waals surface area contributed by atoms with Crippen LogP contribution in [0.5, 0.6) is 0 Å². The van der Waals surface area contributed by atoms with E-state index in [2.05, 4.69) is 4.74 Å². The number of methoxy groups -OCH3 is 1. The zero-order valence-corrected chi connectivity index (χ0v) is 12.5. The quantitative estimate of drug-likeness (QED) is 0.632. The molecule has 0 atom stereocenters. The van der Waals surface area contributed by atoms with Crippen LogP contribution in [0.15, 0.2) is 24.3 Å². The molecule has 1 aromatic rings. The molecule has 0 unspecified atom stereocenters. The first-order valence-corrected chi connectivity index (χ1v) is 6.83. The van der Waals surface area contributed by atoms with Crippen LogP contribution in [0.2, 0.25) is 0 Å². The van der Waals surface area contributed by atoms with Crippen molar-refractivity contribution in [3.63, 3.8) is 0 Å². The molecule has 2 rings (SSSR count). The van der Waals surface area contributed by atoms with Gasteiger partial charge in [0.25, 0.3) is 0 Å². The van der Waals surface area contributed by atoms with Gasteiger partial charge in [0, 0.05) is 12.8 Å². The number of carbonyl (C=O) groups excluding carboxylic acids is 3. The number of carbonyl (C=O) groups is 3. The smallest absolute Gasteiger partial charge is 0.337 e. The Morgan fingerprint density at radius 3 is 2.14 bits per heavy atom. The number of hydrogen-bond donors (Lipinski definition) is 0. The number of imide groups is 1. The molecule has 2 amide bonds. The zero-order chi connectivity index (χ0) is 15.6. The minimum absolute atomic E-state index is 0.145. The lowest BCUT2D eigenvalue weighted by molar-refractivity contribution is -0.153. The van der Waals surface area contributed by atoms with Crippen molar-refractivity contribution < 1.29 is 19.1 Å². The second-order valence-electron chi connectivity index (χ2n) is 6.08. The maximum absolute atomic E-state index is 12.1. The summed E-state index contributed by atoms with van der Waals surface area (Å²) in [5.74, 6) is -0.699. The highest BCUT2D eigenvalue weighted by molar-refractivity contribution is 5.98. The summed E-state index contributed by atoms with van der Waals surface area (Å²) in [7, 11) is 1.32. The minimum atomic E-state index is -0.409. The second kappa shape index (κ2) is 5.68. The van der Waals surface area contributed by atoms with Crippen LogP contribution in [0.4, 0.5) is 0 Å². The second-order valence-corrected chi connectivity index (χ2v) is 6.08. The predicted molar refractivity (Wildman–Crippen MR) is 76.4 cm³/mol. The first kappa shape index (κ1) is 15.2. The van der Waals surface area contributed by atoms with E-state index in [1.807, 2.05) is 13.8 Å². The van der Waals surface area contributed by atoms with Gasteiger partial charge in [-0.15, -0.1) is 0 Å². The summed E-state index contributed by atoms with van der Waals surface area (Å²) in [6.45, 7) is 4.09. The van der Waals surface area contributed by atoms with Gasteiger partial charge in [-0.2, -0.15) is 0 Å². The van der Waals surface area contributed by atoms with Gasteiger partial charge >= 0.3 is 5.97 Å². The van der Waals surface area contributed by atoms with Crippen LogP contribution in [-0.4, -0.2) is 29.8 Å². The van der Waals surface area contributed by atoms with E-state index in [1.165, 1.54) is 12.0 Å². The molecule has 1 fully saturated rings. The first-order valence-electron chi connectivity index (χ1n) is 6.83. The van der Waals surface area contributed by atoms with Gasteiger partial charge in [0.2, 0.25) is 11.8 Å². The normalized spacial score (nSPS) is 17.8. The molecule has 1 saturated heterocycles. The molecule has 5 nitrogen and oxygen atoms in total. The Kier molecular flexibility index (Phi) is 4.11. The summed E-state index contributed by atoms with van der Waals surface area (Å²) >= 11 is 0. The van der Waals surface area contributed by atoms with E-state index < -0.39 is 5.97 Å². The summed E-state index contributed by atoms with van der Waals surface area (Å²) in [5, 5.41) is 0. The van der Waals surface area contributed by atoms with Crippen molar-refractivity contribution in [2.45, 2.75) is 33.2 Å². The average molecular weight is 289 g/mol. The van der Waals surface area contributed by atoms with Crippen LogP contribution >= 0.6 is 0 Å². The van der Waals surface area contributed by atoms with E-state index in [4.69, 9.17) is 0 Å². The van der Waals surface area contributed by atoms with Gasteiger partial charge in [-0.05, 0) is 23.1 Å². The topological polar surface area (TPSA) is 63.7 Å². The van der Waals surface area contributed by atoms with Gasteiger partial charge in [0.15, 0.2) is 0 Å². The van der Waals surface area contributed by atoms with E-state index >= 15 is 0 Å². The highest BCUT2D eigenvalue weighted by atomic mass is 16.5. The molecule has 0 aromatic heterocycles. The molecule has 1 heterocycles. The molecular weight excluding hydrogens is 270 g/mol. The van der Waals surface area contributed by atoms with Gasteiger partial charge < -0.3 is 4.74 Å². The number of ether oxygens (including phenoxy) is 1. The fraction of sp³-hybridized carbons (Fsp3) is 0.438. The van der Waals surface area contributed by atoms with Crippen LogP contribution in [0, 0.1) is 5.41 Å². The lowest BCUT2D eigenvalue weighted by atomic mass is 9.81. The third-order valence-electron chi connectivity index (χ3n) is 3.58. The molecule has 5 heteroatoms. The standard InChI is InChI=1S/C16H19NO4/c1-16(2)8-13(18)17(14(19)9-16)10-11-4-6-12(7-5-11)15(20)21-3/h4-7H,8-10H2,1-3H3. The predicted octanol–water partition coefficient (Wildman–Crippen LogP) is 2.15. The van der Waals surface area contributed by atoms with Crippen molar-refractivity contribution in [3.8, 4) is 0 Å². The van der Waals surface area contributed by atoms with Crippen molar-refractivity contribution in [2.24, 2.45) is 5.41 Å². The number of amides is 2. The number of nitrogens with zero attached hydrogens (tertiary/aromatic N) is 1. The fourth-order valence-electron chi connectivity index (χ4n) is 2.43. The van der Waals surface area contributed by atoms with Crippen molar-refractivity contribution in [3.05, 3.63) is 35.4 Å². The van der Waals surface area contributed by atoms with Crippen LogP contribution in [-0.2, 0) is 20.9 Å². The largest absolute Gasteiger partial charge is 0.465 e. The van der Waals surface area contributed by atoms with E-state index in [0.29, 0.717) is 18.4 Å². The highest BCUT2D eigenvalue weighted by Gasteiger charge is 2.37. The molecule has 0 aliphatic carbocycles. The zero-order valence-electron chi connectivity index (χ0n) is 12.5. The SMILES string of the molecule is COC(=O)c1ccc(CN2C(=O)CC(C)(C)CC2=O)cc1. The monoisotopic (exact) mass is 289 g/mol. The fourth-order valence-corrected chi connectivity index (χ4v) is 2.43. The summed E-state index contributed by atoms with van der Waals surface area (Å²) < 4.78 is 4.63. The Bertz CT molecular complexity index is 554. The Morgan fingerprint density at radius 1 is 1.14 bits per heavy atom. The van der Waals surface area contributed by atoms with Gasteiger partial charge in [0.1, 0.15) is 0 Å². The molecule has 1 aliphatic heterocycles. The molecule has 0 radical (unpaired) electrons. The highest BCUT2D eigenvalue weighted by Crippen LogP contribution is 2.32. The van der Waals surface area contributed by atoms with E-state index in [9.17, 15) is 14.4 Å². The third kappa shape index (κ3) is 3.48. The average Bonchev–Trinajstić information content (AvgIpc) is 2.41. The number of benzene rings is 1. The van der Waals surface area contributed by atoms with E-state index in [1.54, 1.807) is 24.3 Å². The number of esters is 1. The maximum Gasteiger partial charge on any atom is 0.337 e. The Balaban J connectivity index is 2.09. The Morgan fingerprint density at radius 2 is 1.67 bits per heavy atom. The summed E-state index contributed by atoms with van der Waals surface area (Å²) in [4.78, 5) is 36.8. The minimum Gasteiger partial charge on any atom is -0.465 e. The van der Waals surface area contributed by atoms with Crippen LogP contribution in [0.1, 0.15) is 42.6 Å². The van der Waals surface area contributed by atoms with Crippen molar-refractivity contribution >= 4 is 17.8 Å². The molecule has 1 aromatic carbocycles. The van der Waals surface area contributed by atoms with Crippen LogP contribution in [0.25, 0.3) is 0 Å². The van der Waals surface area contributed by atoms with Crippen molar-refractivity contribution in [1.29, 1.82) is 0 Å². The third-order valence-corrected chi connectivity index (χ3v) is 3.58. The van der Waals surface area contributed by atoms with Gasteiger partial charge in [-0.3, -0.25) is 14.5 Å². The molecule has 0 saturated carbocycles. The molecule has 1 aliphatic rings. The van der Waals surface area contributed by atoms with Crippen molar-refractivity contribution in [2.75, 3.05) is 7.11 Å². The van der Waals surface area contributed by atoms with Crippen LogP contribution < -0.4 is 0 Å². The lowest BCUT2D eigenvalue weighted by Gasteiger charge is -2.34. The number of rotatable bonds is 3. The molecular formula is C16H19NO4. The number of piperidine rings is 1. The summed E-state index contributed by atoms with van der Waals surface area (Å²) in [6, 6.07) is 6.72. The van der Waals surface area contributed by atoms with Crippen molar-refractivity contribution in [1.82, 2.24) is 4.90 Å². The van der Waals surface area contributed by atoms with Gasteiger partial charge in [-0.25, -0.2) is 4.79 Å². The van der Waals surface area contributed by atoms with Gasteiger partial charge in [-0.1, -0.05) is 26.0 Å². The number of hydrogen-bond acceptors (Lipinski definition) is 4. The summed E-state index contributed by atoms with van der Waals surface area (Å²) in [5.41, 5.74) is 0.988. The molecule has 0 spiro atoms. The van der Waals surface area contributed by atoms with E-state index in [0.717, 1.165) is 5.56 Å². The maximum atomic E-state index is 12.1. The molecule has 21 heavy (non-hydrogen) atoms. The molecule has 112 valence electrons. The molecule has 0 N–H and O–H groups in total. The number of likely N-dealkylation sites (tertiary alicyclic amines) is 1. The first-order chi connectivity index (χ1) is 9.82. The Labute approximate surface area is 123 Å². The van der Waals surface area contributed by atoms with Crippen LogP contribution in [0.3, 0.4) is 0 Å². The summed E-state index contributed by atoms with van der Waals surface area (Å²) in [6.07, 6.45) is 0.748. The van der Waals surface area contributed by atoms with E-state index in [-0.39, 0.29) is 23.8 Å². The lowest BCUT2D eigenvalue weighted by Crippen LogP contribution is -2.45.